The minimum absolute atomic E-state index is 0. The predicted molar refractivity (Wildman–Crippen MR) is 52.4 cm³/mol. The van der Waals surface area contributed by atoms with Crippen molar-refractivity contribution in [2.24, 2.45) is 5.92 Å². The molecule has 0 aromatic carbocycles. The first-order chi connectivity index (χ1) is 4.93. The molecule has 1 N–H and O–H groups in total. The quantitative estimate of drug-likeness (QED) is 0.652. The van der Waals surface area contributed by atoms with Crippen LogP contribution in [0, 0.1) is 5.92 Å². The van der Waals surface area contributed by atoms with E-state index >= 15 is 0 Å². The van der Waals surface area contributed by atoms with E-state index in [1.165, 1.54) is 38.6 Å². The fraction of sp³-hybridized carbons (Fsp3) is 1.00. The van der Waals surface area contributed by atoms with Crippen molar-refractivity contribution >= 4 is 12.4 Å². The zero-order valence-electron chi connectivity index (χ0n) is 7.44. The Hall–Kier alpha value is 0.250. The van der Waals surface area contributed by atoms with Crippen molar-refractivity contribution in [3.63, 3.8) is 0 Å². The SMILES string of the molecule is CCNCCC1CCCC1.Cl. The molecule has 0 bridgehead atoms. The standard InChI is InChI=1S/C9H19N.ClH/c1-2-10-8-7-9-5-3-4-6-9;/h9-10H,2-8H2,1H3;1H. The lowest BCUT2D eigenvalue weighted by Gasteiger charge is -2.07. The van der Waals surface area contributed by atoms with E-state index in [0.29, 0.717) is 0 Å². The van der Waals surface area contributed by atoms with Crippen LogP contribution < -0.4 is 5.32 Å². The smallest absolute Gasteiger partial charge is 0.00464 e. The molecule has 1 aliphatic carbocycles. The highest BCUT2D eigenvalue weighted by Crippen LogP contribution is 2.26. The van der Waals surface area contributed by atoms with Crippen LogP contribution >= 0.6 is 12.4 Å². The van der Waals surface area contributed by atoms with E-state index in [9.17, 15) is 0 Å². The van der Waals surface area contributed by atoms with Crippen LogP contribution in [0.2, 0.25) is 0 Å². The molecule has 0 heterocycles. The van der Waals surface area contributed by atoms with E-state index in [1.807, 2.05) is 0 Å². The first kappa shape index (κ1) is 11.2. The molecule has 1 saturated carbocycles. The fourth-order valence-corrected chi connectivity index (χ4v) is 1.78. The molecule has 1 nitrogen and oxygen atoms in total. The Balaban J connectivity index is 0.000001000. The van der Waals surface area contributed by atoms with Gasteiger partial charge in [0, 0.05) is 0 Å². The van der Waals surface area contributed by atoms with E-state index in [4.69, 9.17) is 0 Å². The minimum Gasteiger partial charge on any atom is -0.317 e. The summed E-state index contributed by atoms with van der Waals surface area (Å²) < 4.78 is 0. The second kappa shape index (κ2) is 6.93. The lowest BCUT2D eigenvalue weighted by Crippen LogP contribution is -2.16. The van der Waals surface area contributed by atoms with Crippen LogP contribution in [0.1, 0.15) is 39.0 Å². The maximum Gasteiger partial charge on any atom is -0.00464 e. The molecular formula is C9H20ClN. The van der Waals surface area contributed by atoms with Gasteiger partial charge in [-0.2, -0.15) is 0 Å². The molecule has 11 heavy (non-hydrogen) atoms. The van der Waals surface area contributed by atoms with Gasteiger partial charge in [0.05, 0.1) is 0 Å². The average molecular weight is 178 g/mol. The van der Waals surface area contributed by atoms with Crippen molar-refractivity contribution in [1.82, 2.24) is 5.32 Å². The summed E-state index contributed by atoms with van der Waals surface area (Å²) in [6.07, 6.45) is 7.36. The Labute approximate surface area is 76.4 Å². The predicted octanol–water partition coefficient (Wildman–Crippen LogP) is 2.60. The van der Waals surface area contributed by atoms with Gasteiger partial charge in [0.15, 0.2) is 0 Å². The van der Waals surface area contributed by atoms with Crippen LogP contribution in [-0.2, 0) is 0 Å². The van der Waals surface area contributed by atoms with Crippen molar-refractivity contribution < 1.29 is 0 Å². The Bertz CT molecular complexity index is 79.6. The average Bonchev–Trinajstić information content (AvgIpc) is 2.41. The van der Waals surface area contributed by atoms with Crippen molar-refractivity contribution in [3.05, 3.63) is 0 Å². The molecule has 0 aromatic heterocycles. The minimum atomic E-state index is 0. The maximum atomic E-state index is 3.38. The van der Waals surface area contributed by atoms with Gasteiger partial charge in [-0.3, -0.25) is 0 Å². The number of nitrogens with one attached hydrogen (secondary N) is 1. The monoisotopic (exact) mass is 177 g/mol. The molecule has 0 radical (unpaired) electrons. The second-order valence-electron chi connectivity index (χ2n) is 3.29. The van der Waals surface area contributed by atoms with Gasteiger partial charge >= 0.3 is 0 Å². The topological polar surface area (TPSA) is 12.0 Å². The molecule has 0 aromatic rings. The number of halogens is 1. The summed E-state index contributed by atoms with van der Waals surface area (Å²) in [6.45, 7) is 4.54. The molecule has 0 aliphatic heterocycles. The molecular weight excluding hydrogens is 158 g/mol. The van der Waals surface area contributed by atoms with Crippen molar-refractivity contribution in [3.8, 4) is 0 Å². The highest BCUT2D eigenvalue weighted by atomic mass is 35.5. The number of hydrogen-bond donors (Lipinski definition) is 1. The van der Waals surface area contributed by atoms with Crippen molar-refractivity contribution in [2.45, 2.75) is 39.0 Å². The van der Waals surface area contributed by atoms with E-state index in [0.717, 1.165) is 12.5 Å². The van der Waals surface area contributed by atoms with Gasteiger partial charge in [0.25, 0.3) is 0 Å². The first-order valence-corrected chi connectivity index (χ1v) is 4.64. The Kier molecular flexibility index (Phi) is 7.09. The Morgan fingerprint density at radius 1 is 1.27 bits per heavy atom. The second-order valence-corrected chi connectivity index (χ2v) is 3.29. The largest absolute Gasteiger partial charge is 0.317 e. The summed E-state index contributed by atoms with van der Waals surface area (Å²) in [4.78, 5) is 0. The van der Waals surface area contributed by atoms with Gasteiger partial charge in [0.2, 0.25) is 0 Å². The van der Waals surface area contributed by atoms with Gasteiger partial charge in [0.1, 0.15) is 0 Å². The summed E-state index contributed by atoms with van der Waals surface area (Å²) >= 11 is 0. The molecule has 68 valence electrons. The normalized spacial score (nSPS) is 18.3. The zero-order chi connectivity index (χ0) is 7.23. The highest BCUT2D eigenvalue weighted by molar-refractivity contribution is 5.85. The van der Waals surface area contributed by atoms with Crippen LogP contribution in [0.5, 0.6) is 0 Å². The van der Waals surface area contributed by atoms with Gasteiger partial charge in [-0.1, -0.05) is 32.6 Å². The molecule has 0 spiro atoms. The third-order valence-corrected chi connectivity index (χ3v) is 2.45. The van der Waals surface area contributed by atoms with E-state index in [-0.39, 0.29) is 12.4 Å². The summed E-state index contributed by atoms with van der Waals surface area (Å²) in [6, 6.07) is 0. The molecule has 0 unspecified atom stereocenters. The molecule has 2 heteroatoms. The molecule has 1 fully saturated rings. The number of hydrogen-bond acceptors (Lipinski definition) is 1. The third-order valence-electron chi connectivity index (χ3n) is 2.45. The van der Waals surface area contributed by atoms with Crippen molar-refractivity contribution in [2.75, 3.05) is 13.1 Å². The lowest BCUT2D eigenvalue weighted by atomic mass is 10.0. The fourth-order valence-electron chi connectivity index (χ4n) is 1.78. The van der Waals surface area contributed by atoms with Crippen molar-refractivity contribution in [1.29, 1.82) is 0 Å². The van der Waals surface area contributed by atoms with Crippen LogP contribution in [-0.4, -0.2) is 13.1 Å². The first-order valence-electron chi connectivity index (χ1n) is 4.64. The molecule has 0 atom stereocenters. The van der Waals surface area contributed by atoms with E-state index in [2.05, 4.69) is 12.2 Å². The highest BCUT2D eigenvalue weighted by Gasteiger charge is 2.13. The van der Waals surface area contributed by atoms with Crippen LogP contribution in [0.3, 0.4) is 0 Å². The van der Waals surface area contributed by atoms with E-state index in [1.54, 1.807) is 0 Å². The molecule has 1 rings (SSSR count). The van der Waals surface area contributed by atoms with Gasteiger partial charge in [-0.25, -0.2) is 0 Å². The molecule has 0 amide bonds. The van der Waals surface area contributed by atoms with Gasteiger partial charge in [-0.15, -0.1) is 12.4 Å². The summed E-state index contributed by atoms with van der Waals surface area (Å²) in [5, 5.41) is 3.38. The zero-order valence-corrected chi connectivity index (χ0v) is 8.25. The summed E-state index contributed by atoms with van der Waals surface area (Å²) in [7, 11) is 0. The van der Waals surface area contributed by atoms with Gasteiger partial charge < -0.3 is 5.32 Å². The third kappa shape index (κ3) is 4.65. The van der Waals surface area contributed by atoms with Crippen LogP contribution in [0.25, 0.3) is 0 Å². The lowest BCUT2D eigenvalue weighted by molar-refractivity contribution is 0.482. The Morgan fingerprint density at radius 3 is 2.45 bits per heavy atom. The maximum absolute atomic E-state index is 3.38. The van der Waals surface area contributed by atoms with Gasteiger partial charge in [-0.05, 0) is 25.4 Å². The summed E-state index contributed by atoms with van der Waals surface area (Å²) in [5.41, 5.74) is 0. The Morgan fingerprint density at radius 2 is 1.91 bits per heavy atom. The van der Waals surface area contributed by atoms with E-state index < -0.39 is 0 Å². The van der Waals surface area contributed by atoms with Crippen LogP contribution in [0.4, 0.5) is 0 Å². The molecule has 0 saturated heterocycles. The van der Waals surface area contributed by atoms with Crippen LogP contribution in [0.15, 0.2) is 0 Å². The number of rotatable bonds is 4. The molecule has 1 aliphatic rings. The summed E-state index contributed by atoms with van der Waals surface area (Å²) in [5.74, 6) is 1.05.